The lowest BCUT2D eigenvalue weighted by Crippen LogP contribution is -2.48. The van der Waals surface area contributed by atoms with Crippen LogP contribution in [0.25, 0.3) is 0 Å². The number of amides is 2. The standard InChI is InChI=1S/2C13H14F3NO2/c2*1-9-6-17(7-9)12(18)10-3-2-4-11(5-10)19-8-13(14,15)16/h2*2-5,9H,6-8H2,1H3. The average molecular weight is 547 g/mol. The fourth-order valence-electron chi connectivity index (χ4n) is 3.86. The first kappa shape index (κ1) is 29.1. The minimum Gasteiger partial charge on any atom is -0.484 e. The Labute approximate surface area is 216 Å². The zero-order chi connectivity index (χ0) is 28.1. The molecule has 2 amide bonds. The Hall–Kier alpha value is -3.44. The lowest BCUT2D eigenvalue weighted by atomic mass is 10.0. The van der Waals surface area contributed by atoms with E-state index in [1.54, 1.807) is 21.9 Å². The van der Waals surface area contributed by atoms with E-state index < -0.39 is 25.6 Å². The van der Waals surface area contributed by atoms with E-state index in [1.165, 1.54) is 36.4 Å². The van der Waals surface area contributed by atoms with Crippen LogP contribution in [-0.2, 0) is 0 Å². The van der Waals surface area contributed by atoms with E-state index in [4.69, 9.17) is 0 Å². The SMILES string of the molecule is CC1CN(C(=O)c2cccc(OCC(F)(F)F)c2)C1.CC1CN(C(=O)c2cccc(OCC(F)(F)F)c2)C1. The Morgan fingerprint density at radius 2 is 1.05 bits per heavy atom. The Morgan fingerprint density at radius 1 is 0.711 bits per heavy atom. The summed E-state index contributed by atoms with van der Waals surface area (Å²) in [5.74, 6) is 0.724. The van der Waals surface area contributed by atoms with Gasteiger partial charge in [0.25, 0.3) is 11.8 Å². The highest BCUT2D eigenvalue weighted by molar-refractivity contribution is 5.95. The zero-order valence-corrected chi connectivity index (χ0v) is 20.8. The molecule has 2 aliphatic heterocycles. The lowest BCUT2D eigenvalue weighted by Gasteiger charge is -2.37. The van der Waals surface area contributed by atoms with Crippen LogP contribution in [0.3, 0.4) is 0 Å². The van der Waals surface area contributed by atoms with Crippen LogP contribution in [0.2, 0.25) is 0 Å². The van der Waals surface area contributed by atoms with E-state index in [1.807, 2.05) is 13.8 Å². The molecule has 0 aliphatic carbocycles. The zero-order valence-electron chi connectivity index (χ0n) is 20.8. The molecule has 0 aromatic heterocycles. The molecule has 208 valence electrons. The second kappa shape index (κ2) is 12.0. The molecule has 0 bridgehead atoms. The largest absolute Gasteiger partial charge is 0.484 e. The third kappa shape index (κ3) is 8.84. The molecule has 2 aromatic rings. The summed E-state index contributed by atoms with van der Waals surface area (Å²) in [4.78, 5) is 27.3. The van der Waals surface area contributed by atoms with Crippen LogP contribution < -0.4 is 9.47 Å². The van der Waals surface area contributed by atoms with Crippen LogP contribution in [0, 0.1) is 11.8 Å². The topological polar surface area (TPSA) is 59.1 Å². The molecule has 2 fully saturated rings. The van der Waals surface area contributed by atoms with Crippen molar-refractivity contribution in [2.45, 2.75) is 26.2 Å². The molecule has 0 atom stereocenters. The summed E-state index contributed by atoms with van der Waals surface area (Å²) in [6.45, 7) is 4.11. The van der Waals surface area contributed by atoms with E-state index in [0.29, 0.717) is 49.1 Å². The normalized spacial score (nSPS) is 16.1. The summed E-state index contributed by atoms with van der Waals surface area (Å²) < 4.78 is 81.4. The number of benzene rings is 2. The minimum absolute atomic E-state index is 0.0525. The van der Waals surface area contributed by atoms with Gasteiger partial charge in [0.15, 0.2) is 13.2 Å². The second-order valence-corrected chi connectivity index (χ2v) is 9.49. The summed E-state index contributed by atoms with van der Waals surface area (Å²) in [6, 6.07) is 11.7. The van der Waals surface area contributed by atoms with Crippen molar-refractivity contribution in [1.82, 2.24) is 9.80 Å². The quantitative estimate of drug-likeness (QED) is 0.453. The molecule has 0 saturated carbocycles. The Bertz CT molecular complexity index is 1020. The highest BCUT2D eigenvalue weighted by Crippen LogP contribution is 2.24. The Kier molecular flexibility index (Phi) is 9.16. The van der Waals surface area contributed by atoms with Gasteiger partial charge in [0.2, 0.25) is 0 Å². The van der Waals surface area contributed by atoms with Crippen molar-refractivity contribution < 1.29 is 45.4 Å². The number of carbonyl (C=O) groups is 2. The van der Waals surface area contributed by atoms with Crippen molar-refractivity contribution in [1.29, 1.82) is 0 Å². The Balaban J connectivity index is 0.000000211. The van der Waals surface area contributed by atoms with Gasteiger partial charge in [-0.25, -0.2) is 0 Å². The molecule has 0 radical (unpaired) electrons. The highest BCUT2D eigenvalue weighted by Gasteiger charge is 2.31. The maximum atomic E-state index is 12.0. The number of likely N-dealkylation sites (tertiary alicyclic amines) is 2. The summed E-state index contributed by atoms with van der Waals surface area (Å²) in [5, 5.41) is 0. The molecule has 6 nitrogen and oxygen atoms in total. The van der Waals surface area contributed by atoms with Crippen LogP contribution in [0.1, 0.15) is 34.6 Å². The predicted molar refractivity (Wildman–Crippen MR) is 126 cm³/mol. The van der Waals surface area contributed by atoms with E-state index in [9.17, 15) is 35.9 Å². The fourth-order valence-corrected chi connectivity index (χ4v) is 3.86. The van der Waals surface area contributed by atoms with E-state index in [0.717, 1.165) is 0 Å². The molecule has 2 aliphatic rings. The average Bonchev–Trinajstić information content (AvgIpc) is 2.81. The third-order valence-corrected chi connectivity index (χ3v) is 5.67. The van der Waals surface area contributed by atoms with Crippen LogP contribution in [0.15, 0.2) is 48.5 Å². The molecular formula is C26H28F6N2O4. The molecule has 2 saturated heterocycles. The summed E-state index contributed by atoms with van der Waals surface area (Å²) in [5.41, 5.74) is 0.707. The van der Waals surface area contributed by atoms with Gasteiger partial charge >= 0.3 is 12.4 Å². The Morgan fingerprint density at radius 3 is 1.34 bits per heavy atom. The summed E-state index contributed by atoms with van der Waals surface area (Å²) in [6.07, 6.45) is -8.76. The summed E-state index contributed by atoms with van der Waals surface area (Å²) in [7, 11) is 0. The van der Waals surface area contributed by atoms with Gasteiger partial charge in [-0.2, -0.15) is 26.3 Å². The van der Waals surface area contributed by atoms with Crippen molar-refractivity contribution in [3.63, 3.8) is 0 Å². The number of halogens is 6. The van der Waals surface area contributed by atoms with Gasteiger partial charge in [0.1, 0.15) is 11.5 Å². The maximum Gasteiger partial charge on any atom is 0.422 e. The van der Waals surface area contributed by atoms with Gasteiger partial charge in [0, 0.05) is 37.3 Å². The third-order valence-electron chi connectivity index (χ3n) is 5.67. The van der Waals surface area contributed by atoms with Gasteiger partial charge in [-0.1, -0.05) is 26.0 Å². The number of ether oxygens (including phenoxy) is 2. The molecule has 2 heterocycles. The number of alkyl halides is 6. The number of carbonyl (C=O) groups excluding carboxylic acids is 2. The van der Waals surface area contributed by atoms with Crippen molar-refractivity contribution in [3.05, 3.63) is 59.7 Å². The molecule has 2 aromatic carbocycles. The van der Waals surface area contributed by atoms with Gasteiger partial charge in [-0.3, -0.25) is 9.59 Å². The maximum absolute atomic E-state index is 12.0. The number of hydrogen-bond donors (Lipinski definition) is 0. The molecule has 4 rings (SSSR count). The fraction of sp³-hybridized carbons (Fsp3) is 0.462. The van der Waals surface area contributed by atoms with Gasteiger partial charge < -0.3 is 19.3 Å². The van der Waals surface area contributed by atoms with Gasteiger partial charge in [-0.15, -0.1) is 0 Å². The van der Waals surface area contributed by atoms with Gasteiger partial charge in [-0.05, 0) is 48.2 Å². The molecule has 0 unspecified atom stereocenters. The monoisotopic (exact) mass is 546 g/mol. The minimum atomic E-state index is -4.38. The van der Waals surface area contributed by atoms with Crippen molar-refractivity contribution >= 4 is 11.8 Å². The van der Waals surface area contributed by atoms with Crippen molar-refractivity contribution in [2.75, 3.05) is 39.4 Å². The molecular weight excluding hydrogens is 518 g/mol. The first-order valence-corrected chi connectivity index (χ1v) is 11.9. The van der Waals surface area contributed by atoms with E-state index in [-0.39, 0.29) is 23.3 Å². The van der Waals surface area contributed by atoms with Crippen LogP contribution in [-0.4, -0.2) is 73.4 Å². The van der Waals surface area contributed by atoms with Crippen LogP contribution in [0.4, 0.5) is 26.3 Å². The smallest absolute Gasteiger partial charge is 0.422 e. The number of nitrogens with zero attached hydrogens (tertiary/aromatic N) is 2. The van der Waals surface area contributed by atoms with Crippen LogP contribution >= 0.6 is 0 Å². The molecule has 0 N–H and O–H groups in total. The molecule has 38 heavy (non-hydrogen) atoms. The number of hydrogen-bond acceptors (Lipinski definition) is 4. The molecule has 12 heteroatoms. The van der Waals surface area contributed by atoms with E-state index in [2.05, 4.69) is 9.47 Å². The van der Waals surface area contributed by atoms with E-state index >= 15 is 0 Å². The first-order chi connectivity index (χ1) is 17.7. The molecule has 0 spiro atoms. The van der Waals surface area contributed by atoms with Crippen molar-refractivity contribution in [2.24, 2.45) is 11.8 Å². The van der Waals surface area contributed by atoms with Crippen molar-refractivity contribution in [3.8, 4) is 11.5 Å². The number of rotatable bonds is 6. The van der Waals surface area contributed by atoms with Gasteiger partial charge in [0.05, 0.1) is 0 Å². The lowest BCUT2D eigenvalue weighted by molar-refractivity contribution is -0.154. The first-order valence-electron chi connectivity index (χ1n) is 11.9. The van der Waals surface area contributed by atoms with Crippen LogP contribution in [0.5, 0.6) is 11.5 Å². The summed E-state index contributed by atoms with van der Waals surface area (Å²) >= 11 is 0. The second-order valence-electron chi connectivity index (χ2n) is 9.49. The highest BCUT2D eigenvalue weighted by atomic mass is 19.4. The predicted octanol–water partition coefficient (Wildman–Crippen LogP) is 5.44.